The second-order valence-electron chi connectivity index (χ2n) is 7.79. The van der Waals surface area contributed by atoms with E-state index in [4.69, 9.17) is 20.4 Å². The Balaban J connectivity index is 5.10. The smallest absolute Gasteiger partial charge is 0.317 e. The molecule has 0 heterocycles. The number of aliphatic carboxylic acids is 4. The van der Waals surface area contributed by atoms with Crippen molar-refractivity contribution in [3.63, 3.8) is 0 Å². The highest BCUT2D eigenvalue weighted by Gasteiger charge is 2.23. The van der Waals surface area contributed by atoms with E-state index >= 15 is 0 Å². The van der Waals surface area contributed by atoms with Crippen molar-refractivity contribution in [2.75, 3.05) is 58.9 Å². The summed E-state index contributed by atoms with van der Waals surface area (Å²) in [6, 6.07) is 0. The summed E-state index contributed by atoms with van der Waals surface area (Å²) in [7, 11) is 0. The highest BCUT2D eigenvalue weighted by atomic mass is 16.4. The molecule has 0 aromatic rings. The Morgan fingerprint density at radius 3 is 1.14 bits per heavy atom. The standard InChI is InChI=1S/C18H33N3O8/c1-4-18(2,3)13-19(5-7-20(9-14(22)23)10-15(24)25)6-8-21(11-16(26)27)12-17(28)29/h4-13H2,1-3H3,(H,22,23)(H,24,25)(H,26,27)(H,28,29). The van der Waals surface area contributed by atoms with E-state index in [1.165, 1.54) is 9.80 Å². The molecule has 0 saturated carbocycles. The molecule has 11 nitrogen and oxygen atoms in total. The van der Waals surface area contributed by atoms with Crippen LogP contribution in [0, 0.1) is 5.41 Å². The van der Waals surface area contributed by atoms with Gasteiger partial charge >= 0.3 is 23.9 Å². The van der Waals surface area contributed by atoms with Gasteiger partial charge in [-0.25, -0.2) is 0 Å². The van der Waals surface area contributed by atoms with Crippen LogP contribution in [0.3, 0.4) is 0 Å². The summed E-state index contributed by atoms with van der Waals surface area (Å²) in [4.78, 5) is 48.5. The topological polar surface area (TPSA) is 159 Å². The Labute approximate surface area is 170 Å². The van der Waals surface area contributed by atoms with E-state index < -0.39 is 50.1 Å². The van der Waals surface area contributed by atoms with Crippen LogP contribution in [0.15, 0.2) is 0 Å². The van der Waals surface area contributed by atoms with Gasteiger partial charge in [0, 0.05) is 32.7 Å². The van der Waals surface area contributed by atoms with Gasteiger partial charge in [-0.15, -0.1) is 0 Å². The lowest BCUT2D eigenvalue weighted by molar-refractivity contribution is -0.143. The maximum atomic E-state index is 11.0. The molecular weight excluding hydrogens is 386 g/mol. The summed E-state index contributed by atoms with van der Waals surface area (Å²) in [5.41, 5.74) is -0.0746. The molecule has 0 amide bonds. The molecule has 0 unspecified atom stereocenters. The minimum Gasteiger partial charge on any atom is -0.480 e. The summed E-state index contributed by atoms with van der Waals surface area (Å²) in [5.74, 6) is -4.50. The number of nitrogens with zero attached hydrogens (tertiary/aromatic N) is 3. The number of hydrogen-bond donors (Lipinski definition) is 4. The highest BCUT2D eigenvalue weighted by Crippen LogP contribution is 2.21. The fraction of sp³-hybridized carbons (Fsp3) is 0.778. The van der Waals surface area contributed by atoms with E-state index in [1.807, 2.05) is 11.8 Å². The zero-order valence-electron chi connectivity index (χ0n) is 17.3. The van der Waals surface area contributed by atoms with E-state index in [9.17, 15) is 19.2 Å². The van der Waals surface area contributed by atoms with Gasteiger partial charge in [0.05, 0.1) is 26.2 Å². The van der Waals surface area contributed by atoms with Gasteiger partial charge in [-0.2, -0.15) is 0 Å². The summed E-state index contributed by atoms with van der Waals surface area (Å²) < 4.78 is 0. The molecule has 29 heavy (non-hydrogen) atoms. The van der Waals surface area contributed by atoms with E-state index in [2.05, 4.69) is 13.8 Å². The Morgan fingerprint density at radius 2 is 0.897 bits per heavy atom. The van der Waals surface area contributed by atoms with Crippen LogP contribution in [0.4, 0.5) is 0 Å². The Kier molecular flexibility index (Phi) is 12.1. The molecule has 0 aromatic carbocycles. The van der Waals surface area contributed by atoms with Crippen LogP contribution in [-0.4, -0.2) is 118 Å². The first-order chi connectivity index (χ1) is 13.3. The number of carboxylic acid groups (broad SMARTS) is 4. The van der Waals surface area contributed by atoms with Crippen molar-refractivity contribution in [3.05, 3.63) is 0 Å². The van der Waals surface area contributed by atoms with Crippen LogP contribution in [0.25, 0.3) is 0 Å². The molecule has 168 valence electrons. The molecule has 0 atom stereocenters. The van der Waals surface area contributed by atoms with Gasteiger partial charge in [-0.3, -0.25) is 29.0 Å². The fourth-order valence-corrected chi connectivity index (χ4v) is 2.75. The molecule has 0 saturated heterocycles. The maximum absolute atomic E-state index is 11.0. The molecular formula is C18H33N3O8. The van der Waals surface area contributed by atoms with Gasteiger partial charge in [0.2, 0.25) is 0 Å². The minimum atomic E-state index is -1.12. The third kappa shape index (κ3) is 14.4. The summed E-state index contributed by atoms with van der Waals surface area (Å²) >= 11 is 0. The first-order valence-electron chi connectivity index (χ1n) is 9.39. The SMILES string of the molecule is CCC(C)(C)CN(CCN(CC(=O)O)CC(=O)O)CCN(CC(=O)O)CC(=O)O. The van der Waals surface area contributed by atoms with Crippen molar-refractivity contribution in [2.24, 2.45) is 5.41 Å². The van der Waals surface area contributed by atoms with Gasteiger partial charge in [-0.1, -0.05) is 20.8 Å². The van der Waals surface area contributed by atoms with Crippen LogP contribution in [0.5, 0.6) is 0 Å². The van der Waals surface area contributed by atoms with Gasteiger partial charge in [0.1, 0.15) is 0 Å². The Morgan fingerprint density at radius 1 is 0.621 bits per heavy atom. The van der Waals surface area contributed by atoms with Crippen LogP contribution in [-0.2, 0) is 19.2 Å². The van der Waals surface area contributed by atoms with Crippen LogP contribution < -0.4 is 0 Å². The number of carboxylic acids is 4. The average molecular weight is 419 g/mol. The summed E-state index contributed by atoms with van der Waals surface area (Å²) in [5, 5.41) is 35.9. The van der Waals surface area contributed by atoms with Gasteiger partial charge in [-0.05, 0) is 11.8 Å². The normalized spacial score (nSPS) is 11.9. The lowest BCUT2D eigenvalue weighted by atomic mass is 9.89. The Bertz CT molecular complexity index is 495. The second kappa shape index (κ2) is 13.1. The molecule has 0 rings (SSSR count). The van der Waals surface area contributed by atoms with Crippen LogP contribution in [0.1, 0.15) is 27.2 Å². The first kappa shape index (κ1) is 26.8. The van der Waals surface area contributed by atoms with Crippen molar-refractivity contribution in [1.29, 1.82) is 0 Å². The number of carbonyl (C=O) groups is 4. The van der Waals surface area contributed by atoms with Crippen molar-refractivity contribution < 1.29 is 39.6 Å². The minimum absolute atomic E-state index is 0.0746. The molecule has 0 spiro atoms. The van der Waals surface area contributed by atoms with E-state index in [0.29, 0.717) is 19.6 Å². The van der Waals surface area contributed by atoms with E-state index in [-0.39, 0.29) is 18.5 Å². The summed E-state index contributed by atoms with van der Waals surface area (Å²) in [6.07, 6.45) is 0.867. The van der Waals surface area contributed by atoms with E-state index in [1.54, 1.807) is 0 Å². The zero-order valence-corrected chi connectivity index (χ0v) is 17.3. The van der Waals surface area contributed by atoms with Crippen molar-refractivity contribution >= 4 is 23.9 Å². The third-order valence-electron chi connectivity index (χ3n) is 4.51. The average Bonchev–Trinajstić information content (AvgIpc) is 2.54. The lowest BCUT2D eigenvalue weighted by Crippen LogP contribution is -2.46. The van der Waals surface area contributed by atoms with E-state index in [0.717, 1.165) is 6.42 Å². The molecule has 0 bridgehead atoms. The molecule has 0 aliphatic rings. The molecule has 0 fully saturated rings. The molecule has 0 aliphatic carbocycles. The first-order valence-corrected chi connectivity index (χ1v) is 9.39. The van der Waals surface area contributed by atoms with Crippen molar-refractivity contribution in [1.82, 2.24) is 14.7 Å². The third-order valence-corrected chi connectivity index (χ3v) is 4.51. The largest absolute Gasteiger partial charge is 0.480 e. The quantitative estimate of drug-likeness (QED) is 0.244. The summed E-state index contributed by atoms with van der Waals surface area (Å²) in [6.45, 7) is 6.30. The van der Waals surface area contributed by atoms with Crippen LogP contribution in [0.2, 0.25) is 0 Å². The predicted octanol–water partition coefficient (Wildman–Crippen LogP) is -0.333. The lowest BCUT2D eigenvalue weighted by Gasteiger charge is -2.34. The fourth-order valence-electron chi connectivity index (χ4n) is 2.75. The zero-order chi connectivity index (χ0) is 22.6. The van der Waals surface area contributed by atoms with Gasteiger partial charge < -0.3 is 25.3 Å². The highest BCUT2D eigenvalue weighted by molar-refractivity contribution is 5.73. The molecule has 0 radical (unpaired) electrons. The van der Waals surface area contributed by atoms with Crippen LogP contribution >= 0.6 is 0 Å². The van der Waals surface area contributed by atoms with Gasteiger partial charge in [0.25, 0.3) is 0 Å². The molecule has 0 aromatic heterocycles. The molecule has 0 aliphatic heterocycles. The maximum Gasteiger partial charge on any atom is 0.317 e. The molecule has 11 heteroatoms. The van der Waals surface area contributed by atoms with Crippen molar-refractivity contribution in [2.45, 2.75) is 27.2 Å². The van der Waals surface area contributed by atoms with Crippen molar-refractivity contribution in [3.8, 4) is 0 Å². The second-order valence-corrected chi connectivity index (χ2v) is 7.79. The Hall–Kier alpha value is -2.24. The molecule has 4 N–H and O–H groups in total. The number of rotatable bonds is 17. The monoisotopic (exact) mass is 419 g/mol. The predicted molar refractivity (Wildman–Crippen MR) is 104 cm³/mol. The van der Waals surface area contributed by atoms with Gasteiger partial charge in [0.15, 0.2) is 0 Å². The number of hydrogen-bond acceptors (Lipinski definition) is 7.